The zero-order chi connectivity index (χ0) is 41.9. The summed E-state index contributed by atoms with van der Waals surface area (Å²) in [4.78, 5) is 43.6. The van der Waals surface area contributed by atoms with E-state index in [0.717, 1.165) is 55.2 Å². The molecule has 3 fully saturated rings. The summed E-state index contributed by atoms with van der Waals surface area (Å²) in [5.41, 5.74) is 2.68. The molecule has 0 spiro atoms. The fraction of sp³-hybridized carbons (Fsp3) is 0.723. The number of cyclic esters (lactones) is 1. The number of nitrogens with zero attached hydrogens (tertiary/aromatic N) is 1. The number of aliphatic hydroxyl groups is 3. The fourth-order valence-electron chi connectivity index (χ4n) is 9.04. The van der Waals surface area contributed by atoms with Crippen LogP contribution in [0.5, 0.6) is 0 Å². The van der Waals surface area contributed by atoms with Gasteiger partial charge in [-0.25, -0.2) is 4.79 Å². The number of carbonyl (C=O) groups excluding carboxylic acids is 3. The molecular weight excluding hydrogens is 723 g/mol. The van der Waals surface area contributed by atoms with Crippen molar-refractivity contribution >= 4 is 17.7 Å². The number of ether oxygens (including phenoxy) is 3. The van der Waals surface area contributed by atoms with E-state index in [-0.39, 0.29) is 36.5 Å². The van der Waals surface area contributed by atoms with Gasteiger partial charge in [-0.2, -0.15) is 0 Å². The first-order chi connectivity index (χ1) is 27.0. The smallest absolute Gasteiger partial charge is 0.329 e. The highest BCUT2D eigenvalue weighted by Gasteiger charge is 2.53. The Morgan fingerprint density at radius 3 is 2.46 bits per heavy atom. The Morgan fingerprint density at radius 1 is 1.04 bits per heavy atom. The molecule has 0 aromatic carbocycles. The zero-order valence-corrected chi connectivity index (χ0v) is 35.9. The SMILES string of the molecule is C=C1C[C@@H](/C(C)=C/C[C@H](O)[C@H](C)CC2CCC(O)CC2)OC(=O)[C@@H]2CCCCN2C(=O)C(=O)[C@]2(O)O[C@@H](CC[C@H]2C)C[C@H](OC)/C(C)=C/C=C/C=C/[C@@H](C)C[C@H]1C. The average molecular weight is 796 g/mol. The van der Waals surface area contributed by atoms with E-state index in [1.165, 1.54) is 4.90 Å². The lowest BCUT2D eigenvalue weighted by molar-refractivity contribution is -0.265. The van der Waals surface area contributed by atoms with Crippen LogP contribution in [0, 0.1) is 29.6 Å². The van der Waals surface area contributed by atoms with Crippen LogP contribution in [0.25, 0.3) is 0 Å². The molecule has 0 unspecified atom stereocenters. The third kappa shape index (κ3) is 13.0. The molecule has 0 radical (unpaired) electrons. The molecule has 10 heteroatoms. The second-order valence-electron chi connectivity index (χ2n) is 17.9. The first kappa shape index (κ1) is 46.8. The Labute approximate surface area is 342 Å². The number of ketones is 1. The van der Waals surface area contributed by atoms with Gasteiger partial charge >= 0.3 is 5.97 Å². The summed E-state index contributed by atoms with van der Waals surface area (Å²) in [7, 11) is 1.62. The molecule has 2 bridgehead atoms. The van der Waals surface area contributed by atoms with Crippen LogP contribution >= 0.6 is 0 Å². The molecule has 2 saturated heterocycles. The van der Waals surface area contributed by atoms with Crippen LogP contribution in [0.3, 0.4) is 0 Å². The molecule has 0 aromatic heterocycles. The van der Waals surface area contributed by atoms with Gasteiger partial charge in [-0.15, -0.1) is 0 Å². The van der Waals surface area contributed by atoms with E-state index >= 15 is 0 Å². The molecule has 10 atom stereocenters. The number of hydrogen-bond acceptors (Lipinski definition) is 9. The standard InChI is InChI=1S/C47H73NO9/c1-30-14-10-9-11-15-31(2)42(55-8)29-39-23-18-36(7)47(54,57-39)44(51)45(52)48-25-13-12-16-40(48)46(53)56-43(28-34(5)33(4)26-30)32(3)17-24-41(50)35(6)27-37-19-21-38(49)22-20-37/h9-11,14-15,17,30,33,35-43,49-50,54H,5,12-13,16,18-29H2,1-4,6-8H3/b11-9+,14-10+,31-15+,32-17+/t30-,33-,35-,36-,37?,38?,39+,40+,41+,42+,43+,47-/m1/s1. The fourth-order valence-corrected chi connectivity index (χ4v) is 9.04. The molecule has 3 N–H and O–H groups in total. The first-order valence-corrected chi connectivity index (χ1v) is 21.7. The Kier molecular flexibility index (Phi) is 18.0. The number of fused-ring (bicyclic) bond motifs is 3. The second kappa shape index (κ2) is 21.9. The maximum Gasteiger partial charge on any atom is 0.329 e. The van der Waals surface area contributed by atoms with Gasteiger partial charge in [0.25, 0.3) is 11.7 Å². The van der Waals surface area contributed by atoms with E-state index in [1.54, 1.807) is 14.0 Å². The highest BCUT2D eigenvalue weighted by atomic mass is 16.6. The molecule has 57 heavy (non-hydrogen) atoms. The number of aliphatic hydroxyl groups excluding tert-OH is 2. The van der Waals surface area contributed by atoms with Crippen LogP contribution in [-0.2, 0) is 28.6 Å². The number of rotatable bonds is 7. The Morgan fingerprint density at radius 2 is 1.75 bits per heavy atom. The molecule has 1 saturated carbocycles. The Bertz CT molecular complexity index is 1490. The van der Waals surface area contributed by atoms with Gasteiger partial charge in [0, 0.05) is 32.4 Å². The topological polar surface area (TPSA) is 143 Å². The molecule has 10 nitrogen and oxygen atoms in total. The average Bonchev–Trinajstić information content (AvgIpc) is 3.19. The monoisotopic (exact) mass is 796 g/mol. The predicted octanol–water partition coefficient (Wildman–Crippen LogP) is 7.71. The van der Waals surface area contributed by atoms with Crippen LogP contribution in [0.2, 0.25) is 0 Å². The maximum atomic E-state index is 14.2. The Balaban J connectivity index is 1.61. The van der Waals surface area contributed by atoms with Gasteiger partial charge in [0.1, 0.15) is 12.1 Å². The van der Waals surface area contributed by atoms with Crippen molar-refractivity contribution in [2.24, 2.45) is 29.6 Å². The predicted molar refractivity (Wildman–Crippen MR) is 223 cm³/mol. The van der Waals surface area contributed by atoms with Crippen LogP contribution in [0.4, 0.5) is 0 Å². The number of carbonyl (C=O) groups is 3. The van der Waals surface area contributed by atoms with Crippen molar-refractivity contribution in [1.82, 2.24) is 4.90 Å². The van der Waals surface area contributed by atoms with Gasteiger partial charge < -0.3 is 34.4 Å². The van der Waals surface area contributed by atoms with Gasteiger partial charge in [0.15, 0.2) is 0 Å². The van der Waals surface area contributed by atoms with Crippen molar-refractivity contribution in [2.75, 3.05) is 13.7 Å². The molecule has 1 amide bonds. The summed E-state index contributed by atoms with van der Waals surface area (Å²) in [5.74, 6) is -4.66. The molecule has 1 aliphatic carbocycles. The van der Waals surface area contributed by atoms with Crippen molar-refractivity contribution in [3.05, 3.63) is 59.8 Å². The third-order valence-corrected chi connectivity index (χ3v) is 13.3. The quantitative estimate of drug-likeness (QED) is 0.134. The lowest BCUT2D eigenvalue weighted by atomic mass is 9.80. The van der Waals surface area contributed by atoms with Crippen molar-refractivity contribution in [3.8, 4) is 0 Å². The van der Waals surface area contributed by atoms with Crippen molar-refractivity contribution in [1.29, 1.82) is 0 Å². The molecule has 4 aliphatic rings. The van der Waals surface area contributed by atoms with Crippen molar-refractivity contribution < 1.29 is 43.9 Å². The highest BCUT2D eigenvalue weighted by Crippen LogP contribution is 2.37. The van der Waals surface area contributed by atoms with Crippen LogP contribution < -0.4 is 0 Å². The molecule has 4 rings (SSSR count). The van der Waals surface area contributed by atoms with Crippen LogP contribution in [0.15, 0.2) is 59.8 Å². The summed E-state index contributed by atoms with van der Waals surface area (Å²) in [6.07, 6.45) is 18.9. The number of methoxy groups -OCH3 is 1. The molecule has 3 aliphatic heterocycles. The summed E-state index contributed by atoms with van der Waals surface area (Å²) < 4.78 is 18.2. The van der Waals surface area contributed by atoms with Gasteiger partial charge in [-0.1, -0.05) is 76.3 Å². The number of piperidine rings is 1. The van der Waals surface area contributed by atoms with E-state index in [0.29, 0.717) is 57.3 Å². The largest absolute Gasteiger partial charge is 0.456 e. The lowest BCUT2D eigenvalue weighted by Gasteiger charge is -2.42. The minimum Gasteiger partial charge on any atom is -0.456 e. The van der Waals surface area contributed by atoms with Crippen molar-refractivity contribution in [3.63, 3.8) is 0 Å². The van der Waals surface area contributed by atoms with E-state index in [9.17, 15) is 29.7 Å². The van der Waals surface area contributed by atoms with Gasteiger partial charge in [-0.05, 0) is 126 Å². The number of amides is 1. The number of allylic oxidation sites excluding steroid dienone is 5. The zero-order valence-electron chi connectivity index (χ0n) is 35.9. The minimum absolute atomic E-state index is 0.0646. The normalized spacial score (nSPS) is 37.9. The van der Waals surface area contributed by atoms with Gasteiger partial charge in [-0.3, -0.25) is 9.59 Å². The van der Waals surface area contributed by atoms with Crippen LogP contribution in [0.1, 0.15) is 131 Å². The summed E-state index contributed by atoms with van der Waals surface area (Å²) in [6, 6.07) is -1.00. The maximum absolute atomic E-state index is 14.2. The lowest BCUT2D eigenvalue weighted by Crippen LogP contribution is -2.60. The van der Waals surface area contributed by atoms with Crippen molar-refractivity contribution in [2.45, 2.75) is 174 Å². The first-order valence-electron chi connectivity index (χ1n) is 21.7. The minimum atomic E-state index is -2.34. The van der Waals surface area contributed by atoms with Gasteiger partial charge in [0.2, 0.25) is 5.79 Å². The molecular formula is C47H73NO9. The number of hydrogen-bond donors (Lipinski definition) is 3. The molecule has 320 valence electrons. The summed E-state index contributed by atoms with van der Waals surface area (Å²) in [5, 5.41) is 33.0. The number of Topliss-reactive ketones (excluding diaryl/α,β-unsaturated/α-hetero) is 1. The second-order valence-corrected chi connectivity index (χ2v) is 17.9. The van der Waals surface area contributed by atoms with E-state index in [2.05, 4.69) is 33.4 Å². The third-order valence-electron chi connectivity index (χ3n) is 13.3. The molecule has 0 aromatic rings. The highest BCUT2D eigenvalue weighted by molar-refractivity contribution is 6.39. The van der Waals surface area contributed by atoms with E-state index in [4.69, 9.17) is 14.2 Å². The summed E-state index contributed by atoms with van der Waals surface area (Å²) in [6.45, 7) is 16.6. The van der Waals surface area contributed by atoms with Gasteiger partial charge in [0.05, 0.1) is 24.4 Å². The van der Waals surface area contributed by atoms with E-state index < -0.39 is 53.7 Å². The number of esters is 1. The molecule has 3 heterocycles. The van der Waals surface area contributed by atoms with Crippen LogP contribution in [-0.4, -0.2) is 93.9 Å². The Hall–Kier alpha value is -2.89. The van der Waals surface area contributed by atoms with E-state index in [1.807, 2.05) is 44.2 Å². The summed E-state index contributed by atoms with van der Waals surface area (Å²) >= 11 is 0.